The number of nitrogens with zero attached hydrogens (tertiary/aromatic N) is 1. The maximum absolute atomic E-state index is 12.2. The molecule has 0 N–H and O–H groups in total. The molecular formula is C18H33NO. The molecule has 1 heterocycles. The van der Waals surface area contributed by atoms with Gasteiger partial charge in [0.15, 0.2) is 0 Å². The van der Waals surface area contributed by atoms with Crippen LogP contribution in [0.1, 0.15) is 71.6 Å². The predicted molar refractivity (Wildman–Crippen MR) is 84.8 cm³/mol. The van der Waals surface area contributed by atoms with Crippen molar-refractivity contribution >= 4 is 5.78 Å². The van der Waals surface area contributed by atoms with Gasteiger partial charge >= 0.3 is 0 Å². The van der Waals surface area contributed by atoms with Crippen molar-refractivity contribution in [1.82, 2.24) is 4.90 Å². The molecule has 0 aromatic heterocycles. The first-order chi connectivity index (χ1) is 9.72. The van der Waals surface area contributed by atoms with Crippen LogP contribution in [0, 0.1) is 17.8 Å². The van der Waals surface area contributed by atoms with Crippen LogP contribution in [0.5, 0.6) is 0 Å². The number of carbonyl (C=O) groups excluding carboxylic acids is 1. The van der Waals surface area contributed by atoms with Crippen LogP contribution < -0.4 is 0 Å². The predicted octanol–water partition coefficient (Wildman–Crippen LogP) is 4.28. The fraction of sp³-hybridized carbons (Fsp3) is 0.944. The highest BCUT2D eigenvalue weighted by Crippen LogP contribution is 2.30. The van der Waals surface area contributed by atoms with E-state index in [4.69, 9.17) is 0 Å². The Labute approximate surface area is 125 Å². The highest BCUT2D eigenvalue weighted by atomic mass is 16.1. The molecule has 1 aliphatic heterocycles. The molecule has 0 amide bonds. The molecule has 3 unspecified atom stereocenters. The van der Waals surface area contributed by atoms with E-state index in [1.807, 2.05) is 0 Å². The monoisotopic (exact) mass is 279 g/mol. The lowest BCUT2D eigenvalue weighted by molar-refractivity contribution is -0.126. The van der Waals surface area contributed by atoms with Gasteiger partial charge in [-0.3, -0.25) is 4.79 Å². The molecule has 0 aromatic rings. The van der Waals surface area contributed by atoms with E-state index in [1.165, 1.54) is 51.6 Å². The zero-order valence-electron chi connectivity index (χ0n) is 13.6. The average molecular weight is 279 g/mol. The van der Waals surface area contributed by atoms with Crippen LogP contribution in [-0.2, 0) is 4.79 Å². The van der Waals surface area contributed by atoms with Crippen LogP contribution in [0.4, 0.5) is 0 Å². The summed E-state index contributed by atoms with van der Waals surface area (Å²) in [6.07, 6.45) is 11.2. The molecule has 2 nitrogen and oxygen atoms in total. The second-order valence-corrected chi connectivity index (χ2v) is 7.10. The third-order valence-corrected chi connectivity index (χ3v) is 5.57. The molecule has 1 saturated carbocycles. The molecule has 0 radical (unpaired) electrons. The van der Waals surface area contributed by atoms with E-state index in [1.54, 1.807) is 0 Å². The maximum atomic E-state index is 12.2. The van der Waals surface area contributed by atoms with Gasteiger partial charge in [0.1, 0.15) is 5.78 Å². The molecule has 2 fully saturated rings. The zero-order chi connectivity index (χ0) is 14.4. The Morgan fingerprint density at radius 3 is 2.70 bits per heavy atom. The Morgan fingerprint density at radius 2 is 1.95 bits per heavy atom. The minimum Gasteiger partial charge on any atom is -0.303 e. The van der Waals surface area contributed by atoms with Gasteiger partial charge in [0.25, 0.3) is 0 Å². The SMILES string of the molecule is CCCC1CCCN(CC2CC(CC)CCC2=O)CC1. The smallest absolute Gasteiger partial charge is 0.137 e. The Hall–Kier alpha value is -0.370. The van der Waals surface area contributed by atoms with Crippen LogP contribution in [0.3, 0.4) is 0 Å². The molecule has 1 saturated heterocycles. The number of rotatable bonds is 5. The Bertz CT molecular complexity index is 302. The molecule has 2 rings (SSSR count). The molecule has 0 spiro atoms. The van der Waals surface area contributed by atoms with E-state index < -0.39 is 0 Å². The Morgan fingerprint density at radius 1 is 1.10 bits per heavy atom. The summed E-state index contributed by atoms with van der Waals surface area (Å²) in [6, 6.07) is 0. The van der Waals surface area contributed by atoms with E-state index in [0.717, 1.165) is 37.6 Å². The van der Waals surface area contributed by atoms with Crippen molar-refractivity contribution in [2.24, 2.45) is 17.8 Å². The van der Waals surface area contributed by atoms with Crippen molar-refractivity contribution in [3.05, 3.63) is 0 Å². The number of hydrogen-bond acceptors (Lipinski definition) is 2. The highest BCUT2D eigenvalue weighted by Gasteiger charge is 2.29. The first-order valence-corrected chi connectivity index (χ1v) is 8.98. The maximum Gasteiger partial charge on any atom is 0.137 e. The van der Waals surface area contributed by atoms with Gasteiger partial charge in [0.05, 0.1) is 0 Å². The van der Waals surface area contributed by atoms with Crippen molar-refractivity contribution in [3.63, 3.8) is 0 Å². The molecule has 1 aliphatic carbocycles. The molecule has 20 heavy (non-hydrogen) atoms. The summed E-state index contributed by atoms with van der Waals surface area (Å²) in [7, 11) is 0. The lowest BCUT2D eigenvalue weighted by Crippen LogP contribution is -2.37. The quantitative estimate of drug-likeness (QED) is 0.748. The standard InChI is InChI=1S/C18H33NO/c1-3-6-16-7-5-11-19(12-10-16)14-17-13-15(4-2)8-9-18(17)20/h15-17H,3-14H2,1-2H3. The first kappa shape index (κ1) is 16.0. The minimum atomic E-state index is 0.344. The first-order valence-electron chi connectivity index (χ1n) is 8.98. The molecule has 0 aromatic carbocycles. The summed E-state index contributed by atoms with van der Waals surface area (Å²) in [6.45, 7) is 8.08. The summed E-state index contributed by atoms with van der Waals surface area (Å²) in [5.41, 5.74) is 0. The van der Waals surface area contributed by atoms with Gasteiger partial charge in [-0.1, -0.05) is 33.1 Å². The Balaban J connectivity index is 1.81. The van der Waals surface area contributed by atoms with E-state index in [9.17, 15) is 4.79 Å². The third kappa shape index (κ3) is 4.58. The number of likely N-dealkylation sites (tertiary alicyclic amines) is 1. The Kier molecular flexibility index (Phi) is 6.54. The summed E-state index contributed by atoms with van der Waals surface area (Å²) >= 11 is 0. The molecule has 116 valence electrons. The van der Waals surface area contributed by atoms with Gasteiger partial charge in [0, 0.05) is 18.9 Å². The van der Waals surface area contributed by atoms with E-state index in [2.05, 4.69) is 18.7 Å². The number of Topliss-reactive ketones (excluding diaryl/α,β-unsaturated/α-hetero) is 1. The van der Waals surface area contributed by atoms with Gasteiger partial charge in [0.2, 0.25) is 0 Å². The fourth-order valence-electron chi connectivity index (χ4n) is 4.17. The molecule has 2 aliphatic rings. The van der Waals surface area contributed by atoms with E-state index in [0.29, 0.717) is 11.7 Å². The van der Waals surface area contributed by atoms with Gasteiger partial charge in [-0.05, 0) is 57.0 Å². The lowest BCUT2D eigenvalue weighted by Gasteiger charge is -2.31. The van der Waals surface area contributed by atoms with Gasteiger partial charge in [-0.15, -0.1) is 0 Å². The highest BCUT2D eigenvalue weighted by molar-refractivity contribution is 5.81. The number of hydrogen-bond donors (Lipinski definition) is 0. The summed E-state index contributed by atoms with van der Waals surface area (Å²) in [5.74, 6) is 2.63. The largest absolute Gasteiger partial charge is 0.303 e. The summed E-state index contributed by atoms with van der Waals surface area (Å²) < 4.78 is 0. The number of carbonyl (C=O) groups is 1. The third-order valence-electron chi connectivity index (χ3n) is 5.57. The molecule has 0 bridgehead atoms. The molecule has 2 heteroatoms. The number of ketones is 1. The van der Waals surface area contributed by atoms with Crippen LogP contribution >= 0.6 is 0 Å². The van der Waals surface area contributed by atoms with Crippen molar-refractivity contribution in [1.29, 1.82) is 0 Å². The van der Waals surface area contributed by atoms with Crippen molar-refractivity contribution in [2.45, 2.75) is 71.6 Å². The fourth-order valence-corrected chi connectivity index (χ4v) is 4.17. The minimum absolute atomic E-state index is 0.344. The topological polar surface area (TPSA) is 20.3 Å². The summed E-state index contributed by atoms with van der Waals surface area (Å²) in [4.78, 5) is 14.7. The molecule has 3 atom stereocenters. The normalized spacial score (nSPS) is 33.1. The second-order valence-electron chi connectivity index (χ2n) is 7.10. The van der Waals surface area contributed by atoms with E-state index >= 15 is 0 Å². The second kappa shape index (κ2) is 8.17. The zero-order valence-corrected chi connectivity index (χ0v) is 13.6. The van der Waals surface area contributed by atoms with Gasteiger partial charge < -0.3 is 4.90 Å². The van der Waals surface area contributed by atoms with Crippen molar-refractivity contribution < 1.29 is 4.79 Å². The summed E-state index contributed by atoms with van der Waals surface area (Å²) in [5, 5.41) is 0. The lowest BCUT2D eigenvalue weighted by atomic mass is 9.79. The van der Waals surface area contributed by atoms with Crippen LogP contribution in [0.15, 0.2) is 0 Å². The van der Waals surface area contributed by atoms with Gasteiger partial charge in [-0.25, -0.2) is 0 Å². The average Bonchev–Trinajstić information content (AvgIpc) is 2.67. The molecular weight excluding hydrogens is 246 g/mol. The van der Waals surface area contributed by atoms with Crippen LogP contribution in [0.25, 0.3) is 0 Å². The van der Waals surface area contributed by atoms with Crippen LogP contribution in [0.2, 0.25) is 0 Å². The van der Waals surface area contributed by atoms with Crippen LogP contribution in [-0.4, -0.2) is 30.3 Å². The van der Waals surface area contributed by atoms with Crippen molar-refractivity contribution in [2.75, 3.05) is 19.6 Å². The van der Waals surface area contributed by atoms with Gasteiger partial charge in [-0.2, -0.15) is 0 Å². The van der Waals surface area contributed by atoms with Crippen molar-refractivity contribution in [3.8, 4) is 0 Å². The van der Waals surface area contributed by atoms with E-state index in [-0.39, 0.29) is 0 Å².